The van der Waals surface area contributed by atoms with Gasteiger partial charge in [0.1, 0.15) is 0 Å². The molecule has 1 saturated carbocycles. The van der Waals surface area contributed by atoms with E-state index in [0.717, 1.165) is 11.4 Å². The highest BCUT2D eigenvalue weighted by Gasteiger charge is 2.17. The summed E-state index contributed by atoms with van der Waals surface area (Å²) >= 11 is 0. The Morgan fingerprint density at radius 2 is 1.70 bits per heavy atom. The quantitative estimate of drug-likeness (QED) is 0.602. The number of hydrogen-bond acceptors (Lipinski definition) is 2. The number of carbonyl (C=O) groups is 2. The Kier molecular flexibility index (Phi) is 7.59. The number of quaternary nitrogens is 1. The lowest BCUT2D eigenvalue weighted by molar-refractivity contribution is -0.862. The molecule has 2 amide bonds. The smallest absolute Gasteiger partial charge is 0.275 e. The Morgan fingerprint density at radius 3 is 2.30 bits per heavy atom. The summed E-state index contributed by atoms with van der Waals surface area (Å²) in [7, 11) is 1.88. The molecule has 1 unspecified atom stereocenters. The molecule has 1 aliphatic rings. The third kappa shape index (κ3) is 7.48. The summed E-state index contributed by atoms with van der Waals surface area (Å²) in [4.78, 5) is 24.3. The Labute approximate surface area is 122 Å². The predicted octanol–water partition coefficient (Wildman–Crippen LogP) is -0.278. The summed E-state index contributed by atoms with van der Waals surface area (Å²) in [6.07, 6.45) is 6.39. The molecule has 1 aliphatic carbocycles. The highest BCUT2D eigenvalue weighted by molar-refractivity contribution is 5.79. The number of hydrogen-bond donors (Lipinski definition) is 3. The molecular formula is C15H30N3O2+. The van der Waals surface area contributed by atoms with Crippen LogP contribution in [-0.4, -0.2) is 44.5 Å². The molecule has 0 spiro atoms. The van der Waals surface area contributed by atoms with Gasteiger partial charge in [0.15, 0.2) is 13.1 Å². The van der Waals surface area contributed by atoms with Gasteiger partial charge in [0.05, 0.1) is 7.05 Å². The van der Waals surface area contributed by atoms with Gasteiger partial charge in [-0.3, -0.25) is 9.59 Å². The first-order valence-electron chi connectivity index (χ1n) is 7.84. The average Bonchev–Trinajstić information content (AvgIpc) is 2.36. The second-order valence-corrected chi connectivity index (χ2v) is 6.34. The SMILES string of the molecule is CC(C)NC(=O)C[NH+](C)CC(=O)NCC1CCCCC1. The topological polar surface area (TPSA) is 62.6 Å². The highest BCUT2D eigenvalue weighted by atomic mass is 16.2. The molecule has 0 aliphatic heterocycles. The molecule has 116 valence electrons. The van der Waals surface area contributed by atoms with E-state index >= 15 is 0 Å². The Bertz CT molecular complexity index is 312. The van der Waals surface area contributed by atoms with Crippen LogP contribution in [0.25, 0.3) is 0 Å². The number of carbonyl (C=O) groups excluding carboxylic acids is 2. The van der Waals surface area contributed by atoms with Gasteiger partial charge in [-0.15, -0.1) is 0 Å². The summed E-state index contributed by atoms with van der Waals surface area (Å²) in [6.45, 7) is 5.37. The van der Waals surface area contributed by atoms with E-state index in [1.165, 1.54) is 32.1 Å². The van der Waals surface area contributed by atoms with E-state index in [4.69, 9.17) is 0 Å². The molecule has 0 radical (unpaired) electrons. The van der Waals surface area contributed by atoms with Crippen molar-refractivity contribution in [1.29, 1.82) is 0 Å². The number of amides is 2. The number of nitrogens with one attached hydrogen (secondary N) is 3. The van der Waals surface area contributed by atoms with Gasteiger partial charge < -0.3 is 15.5 Å². The molecule has 5 heteroatoms. The maximum Gasteiger partial charge on any atom is 0.275 e. The lowest BCUT2D eigenvalue weighted by atomic mass is 9.89. The third-order valence-electron chi connectivity index (χ3n) is 3.69. The molecular weight excluding hydrogens is 254 g/mol. The molecule has 0 aromatic heterocycles. The van der Waals surface area contributed by atoms with Gasteiger partial charge in [-0.05, 0) is 32.6 Å². The number of rotatable bonds is 7. The third-order valence-corrected chi connectivity index (χ3v) is 3.69. The second kappa shape index (κ2) is 8.95. The van der Waals surface area contributed by atoms with Crippen molar-refractivity contribution in [2.24, 2.45) is 5.92 Å². The van der Waals surface area contributed by atoms with E-state index in [-0.39, 0.29) is 17.9 Å². The van der Waals surface area contributed by atoms with Crippen molar-refractivity contribution in [3.63, 3.8) is 0 Å². The Morgan fingerprint density at radius 1 is 1.10 bits per heavy atom. The van der Waals surface area contributed by atoms with Gasteiger partial charge in [0, 0.05) is 12.6 Å². The van der Waals surface area contributed by atoms with Gasteiger partial charge in [-0.1, -0.05) is 19.3 Å². The first-order chi connectivity index (χ1) is 9.47. The van der Waals surface area contributed by atoms with E-state index in [2.05, 4.69) is 10.6 Å². The predicted molar refractivity (Wildman–Crippen MR) is 79.5 cm³/mol. The van der Waals surface area contributed by atoms with Crippen molar-refractivity contribution in [3.8, 4) is 0 Å². The minimum Gasteiger partial charge on any atom is -0.351 e. The lowest BCUT2D eigenvalue weighted by Gasteiger charge is -2.22. The molecule has 20 heavy (non-hydrogen) atoms. The molecule has 3 N–H and O–H groups in total. The first kappa shape index (κ1) is 17.0. The van der Waals surface area contributed by atoms with Crippen molar-refractivity contribution in [3.05, 3.63) is 0 Å². The Hall–Kier alpha value is -1.10. The molecule has 0 heterocycles. The van der Waals surface area contributed by atoms with Crippen LogP contribution in [0.3, 0.4) is 0 Å². The first-order valence-corrected chi connectivity index (χ1v) is 7.84. The van der Waals surface area contributed by atoms with E-state index in [1.807, 2.05) is 20.9 Å². The molecule has 0 saturated heterocycles. The second-order valence-electron chi connectivity index (χ2n) is 6.34. The maximum atomic E-state index is 11.8. The fraction of sp³-hybridized carbons (Fsp3) is 0.867. The molecule has 0 aromatic carbocycles. The van der Waals surface area contributed by atoms with Gasteiger partial charge in [0.2, 0.25) is 0 Å². The minimum atomic E-state index is -0.00224. The summed E-state index contributed by atoms with van der Waals surface area (Å²) in [6, 6.07) is 0.149. The Balaban J connectivity index is 2.15. The van der Waals surface area contributed by atoms with Gasteiger partial charge >= 0.3 is 0 Å². The van der Waals surface area contributed by atoms with Crippen LogP contribution in [0.4, 0.5) is 0 Å². The maximum absolute atomic E-state index is 11.8. The van der Waals surface area contributed by atoms with E-state index < -0.39 is 0 Å². The summed E-state index contributed by atoms with van der Waals surface area (Å²) < 4.78 is 0. The van der Waals surface area contributed by atoms with Gasteiger partial charge in [-0.2, -0.15) is 0 Å². The fourth-order valence-corrected chi connectivity index (χ4v) is 2.70. The van der Waals surface area contributed by atoms with Crippen molar-refractivity contribution < 1.29 is 14.5 Å². The van der Waals surface area contributed by atoms with Crippen molar-refractivity contribution in [1.82, 2.24) is 10.6 Å². The van der Waals surface area contributed by atoms with Gasteiger partial charge in [-0.25, -0.2) is 0 Å². The van der Waals surface area contributed by atoms with E-state index in [9.17, 15) is 9.59 Å². The monoisotopic (exact) mass is 284 g/mol. The molecule has 1 rings (SSSR count). The summed E-state index contributed by atoms with van der Waals surface area (Å²) in [5.41, 5.74) is 0. The van der Waals surface area contributed by atoms with E-state index in [0.29, 0.717) is 19.0 Å². The van der Waals surface area contributed by atoms with Crippen molar-refractivity contribution in [2.45, 2.75) is 52.0 Å². The average molecular weight is 284 g/mol. The van der Waals surface area contributed by atoms with Crippen LogP contribution in [0.2, 0.25) is 0 Å². The van der Waals surface area contributed by atoms with Crippen molar-refractivity contribution in [2.75, 3.05) is 26.7 Å². The molecule has 1 fully saturated rings. The molecule has 1 atom stereocenters. The largest absolute Gasteiger partial charge is 0.351 e. The van der Waals surface area contributed by atoms with Crippen LogP contribution in [0, 0.1) is 5.92 Å². The minimum absolute atomic E-state index is 0.00224. The van der Waals surface area contributed by atoms with Crippen LogP contribution < -0.4 is 15.5 Å². The summed E-state index contributed by atoms with van der Waals surface area (Å²) in [5.74, 6) is 0.695. The van der Waals surface area contributed by atoms with Crippen LogP contribution in [0.15, 0.2) is 0 Å². The highest BCUT2D eigenvalue weighted by Crippen LogP contribution is 2.22. The zero-order valence-electron chi connectivity index (χ0n) is 13.1. The van der Waals surface area contributed by atoms with Crippen molar-refractivity contribution >= 4 is 11.8 Å². The normalized spacial score (nSPS) is 17.8. The standard InChI is InChI=1S/C15H29N3O2/c1-12(2)17-15(20)11-18(3)10-14(19)16-9-13-7-5-4-6-8-13/h12-13H,4-11H2,1-3H3,(H,16,19)(H,17,20)/p+1. The summed E-state index contributed by atoms with van der Waals surface area (Å²) in [5, 5.41) is 5.84. The lowest BCUT2D eigenvalue weighted by Crippen LogP contribution is -3.11. The zero-order chi connectivity index (χ0) is 15.0. The zero-order valence-corrected chi connectivity index (χ0v) is 13.1. The fourth-order valence-electron chi connectivity index (χ4n) is 2.70. The van der Waals surface area contributed by atoms with Crippen LogP contribution >= 0.6 is 0 Å². The van der Waals surface area contributed by atoms with Crippen LogP contribution in [-0.2, 0) is 9.59 Å². The van der Waals surface area contributed by atoms with E-state index in [1.54, 1.807) is 0 Å². The van der Waals surface area contributed by atoms with Crippen LogP contribution in [0.5, 0.6) is 0 Å². The van der Waals surface area contributed by atoms with Crippen LogP contribution in [0.1, 0.15) is 46.0 Å². The molecule has 0 bridgehead atoms. The molecule has 0 aromatic rings. The molecule has 5 nitrogen and oxygen atoms in total. The van der Waals surface area contributed by atoms with Gasteiger partial charge in [0.25, 0.3) is 11.8 Å². The number of likely N-dealkylation sites (N-methyl/N-ethyl adjacent to an activating group) is 1.